The van der Waals surface area contributed by atoms with Crippen LogP contribution in [0, 0.1) is 13.8 Å². The normalized spacial score (nSPS) is 12.6. The predicted octanol–water partition coefficient (Wildman–Crippen LogP) is 0.223. The van der Waals surface area contributed by atoms with Gasteiger partial charge in [-0.25, -0.2) is 4.79 Å². The predicted molar refractivity (Wildman–Crippen MR) is 129 cm³/mol. The van der Waals surface area contributed by atoms with Crippen LogP contribution in [0.2, 0.25) is 0 Å². The minimum atomic E-state index is -1.48. The molecule has 1 rings (SSSR count). The van der Waals surface area contributed by atoms with E-state index in [-0.39, 0.29) is 6.54 Å². The highest BCUT2D eigenvalue weighted by atomic mass is 16.6. The minimum absolute atomic E-state index is 0.326. The zero-order valence-electron chi connectivity index (χ0n) is 21.5. The summed E-state index contributed by atoms with van der Waals surface area (Å²) in [6, 6.07) is 2.29. The Morgan fingerprint density at radius 2 is 1.75 bits per heavy atom. The molecule has 0 bridgehead atoms. The molecular formula is C24H36N4O8. The lowest BCUT2D eigenvalue weighted by molar-refractivity contribution is -0.145. The van der Waals surface area contributed by atoms with Crippen LogP contribution in [0.4, 0.5) is 4.79 Å². The Morgan fingerprint density at radius 1 is 1.11 bits per heavy atom. The topological polar surface area (TPSA) is 177 Å². The van der Waals surface area contributed by atoms with E-state index in [2.05, 4.69) is 15.4 Å². The van der Waals surface area contributed by atoms with E-state index in [1.165, 1.54) is 0 Å². The molecule has 0 fully saturated rings. The highest BCUT2D eigenvalue weighted by Crippen LogP contribution is 2.25. The first kappa shape index (κ1) is 30.4. The number of amides is 4. The van der Waals surface area contributed by atoms with Crippen LogP contribution in [-0.4, -0.2) is 78.2 Å². The second-order valence-corrected chi connectivity index (χ2v) is 9.16. The maximum Gasteiger partial charge on any atom is 0.408 e. The van der Waals surface area contributed by atoms with E-state index in [1.54, 1.807) is 39.0 Å². The molecule has 12 nitrogen and oxygen atoms in total. The Kier molecular flexibility index (Phi) is 11.3. The first-order chi connectivity index (χ1) is 16.7. The van der Waals surface area contributed by atoms with E-state index in [1.807, 2.05) is 13.8 Å². The molecule has 0 aliphatic heterocycles. The van der Waals surface area contributed by atoms with Gasteiger partial charge >= 0.3 is 12.1 Å². The van der Waals surface area contributed by atoms with E-state index in [0.717, 1.165) is 23.1 Å². The van der Waals surface area contributed by atoms with Crippen molar-refractivity contribution in [2.75, 3.05) is 26.8 Å². The number of primary amides is 1. The summed E-state index contributed by atoms with van der Waals surface area (Å²) in [5.41, 5.74) is 6.57. The largest absolute Gasteiger partial charge is 0.468 e. The van der Waals surface area contributed by atoms with Gasteiger partial charge in [-0.3, -0.25) is 19.2 Å². The lowest BCUT2D eigenvalue weighted by atomic mass is 9.98. The number of aliphatic hydroxyl groups is 1. The SMILES string of the molecule is COC(=O)CNC(=O)C(c1ccc(C)c(C)c1)N(CCO)C(=O)C(CC(N)=O)NC(=O)OC(C)(C)C. The first-order valence-electron chi connectivity index (χ1n) is 11.3. The van der Waals surface area contributed by atoms with Crippen molar-refractivity contribution < 1.29 is 38.6 Å². The molecule has 0 aromatic heterocycles. The molecule has 0 radical (unpaired) electrons. The molecule has 4 amide bonds. The number of nitrogens with two attached hydrogens (primary N) is 1. The van der Waals surface area contributed by atoms with Crippen molar-refractivity contribution in [2.45, 2.75) is 58.7 Å². The molecule has 0 saturated heterocycles. The third kappa shape index (κ3) is 9.53. The van der Waals surface area contributed by atoms with E-state index in [9.17, 15) is 29.1 Å². The lowest BCUT2D eigenvalue weighted by Crippen LogP contribution is -2.54. The van der Waals surface area contributed by atoms with Crippen LogP contribution >= 0.6 is 0 Å². The molecule has 1 aromatic rings. The van der Waals surface area contributed by atoms with Gasteiger partial charge in [0.1, 0.15) is 24.2 Å². The number of carbonyl (C=O) groups is 5. The number of ether oxygens (including phenoxy) is 2. The average Bonchev–Trinajstić information content (AvgIpc) is 2.76. The monoisotopic (exact) mass is 508 g/mol. The molecule has 12 heteroatoms. The molecule has 0 aliphatic rings. The third-order valence-electron chi connectivity index (χ3n) is 5.06. The average molecular weight is 509 g/mol. The number of rotatable bonds is 11. The number of carbonyl (C=O) groups excluding carboxylic acids is 5. The molecule has 1 aromatic carbocycles. The van der Waals surface area contributed by atoms with Gasteiger partial charge in [0.2, 0.25) is 17.7 Å². The summed E-state index contributed by atoms with van der Waals surface area (Å²) in [5, 5.41) is 14.5. The van der Waals surface area contributed by atoms with Gasteiger partial charge in [-0.1, -0.05) is 18.2 Å². The summed E-state index contributed by atoms with van der Waals surface area (Å²) < 4.78 is 9.74. The smallest absolute Gasteiger partial charge is 0.408 e. The molecule has 0 heterocycles. The van der Waals surface area contributed by atoms with Crippen molar-refractivity contribution in [1.29, 1.82) is 0 Å². The number of aliphatic hydroxyl groups excluding tert-OH is 1. The van der Waals surface area contributed by atoms with Crippen molar-refractivity contribution in [2.24, 2.45) is 5.73 Å². The second-order valence-electron chi connectivity index (χ2n) is 9.16. The Balaban J connectivity index is 3.47. The van der Waals surface area contributed by atoms with Crippen LogP contribution in [-0.2, 0) is 28.7 Å². The number of nitrogens with one attached hydrogen (secondary N) is 2. The van der Waals surface area contributed by atoms with Crippen LogP contribution < -0.4 is 16.4 Å². The molecule has 5 N–H and O–H groups in total. The van der Waals surface area contributed by atoms with Gasteiger partial charge in [-0.15, -0.1) is 0 Å². The van der Waals surface area contributed by atoms with Gasteiger partial charge in [-0.2, -0.15) is 0 Å². The molecule has 36 heavy (non-hydrogen) atoms. The fourth-order valence-corrected chi connectivity index (χ4v) is 3.26. The van der Waals surface area contributed by atoms with Crippen molar-refractivity contribution in [3.8, 4) is 0 Å². The van der Waals surface area contributed by atoms with Gasteiger partial charge in [0.05, 0.1) is 20.1 Å². The molecule has 0 aliphatic carbocycles. The molecule has 2 atom stereocenters. The van der Waals surface area contributed by atoms with E-state index in [4.69, 9.17) is 10.5 Å². The van der Waals surface area contributed by atoms with Crippen LogP contribution in [0.5, 0.6) is 0 Å². The van der Waals surface area contributed by atoms with Gasteiger partial charge in [-0.05, 0) is 51.3 Å². The highest BCUT2D eigenvalue weighted by molar-refractivity contribution is 5.95. The number of hydrogen-bond donors (Lipinski definition) is 4. The minimum Gasteiger partial charge on any atom is -0.468 e. The lowest BCUT2D eigenvalue weighted by Gasteiger charge is -2.34. The molecule has 200 valence electrons. The maximum absolute atomic E-state index is 13.6. The number of esters is 1. The van der Waals surface area contributed by atoms with Gasteiger partial charge < -0.3 is 35.8 Å². The number of alkyl carbamates (subject to hydrolysis) is 1. The molecular weight excluding hydrogens is 472 g/mol. The summed E-state index contributed by atoms with van der Waals surface area (Å²) in [6.07, 6.45) is -1.55. The number of nitrogens with zero attached hydrogens (tertiary/aromatic N) is 1. The van der Waals surface area contributed by atoms with Crippen molar-refractivity contribution >= 4 is 29.8 Å². The number of benzene rings is 1. The van der Waals surface area contributed by atoms with Gasteiger partial charge in [0.15, 0.2) is 0 Å². The van der Waals surface area contributed by atoms with Crippen LogP contribution in [0.1, 0.15) is 49.9 Å². The van der Waals surface area contributed by atoms with Crippen molar-refractivity contribution in [3.05, 3.63) is 34.9 Å². The quantitative estimate of drug-likeness (QED) is 0.307. The highest BCUT2D eigenvalue weighted by Gasteiger charge is 2.37. The molecule has 2 unspecified atom stereocenters. The first-order valence-corrected chi connectivity index (χ1v) is 11.3. The number of aryl methyl sites for hydroxylation is 2. The number of methoxy groups -OCH3 is 1. The standard InChI is InChI=1S/C24H36N4O8/c1-14-7-8-16(11-15(14)2)20(21(32)26-13-19(31)35-6)28(9-10-29)22(33)17(12-18(25)30)27-23(34)36-24(3,4)5/h7-8,11,17,20,29H,9-10,12-13H2,1-6H3,(H2,25,30)(H,26,32)(H,27,34). The summed E-state index contributed by atoms with van der Waals surface area (Å²) in [4.78, 5) is 63.5. The Hall–Kier alpha value is -3.67. The van der Waals surface area contributed by atoms with Crippen LogP contribution in [0.3, 0.4) is 0 Å². The number of hydrogen-bond acceptors (Lipinski definition) is 8. The summed E-state index contributed by atoms with van der Waals surface area (Å²) in [5.74, 6) is -3.18. The zero-order chi connectivity index (χ0) is 27.6. The van der Waals surface area contributed by atoms with Gasteiger partial charge in [0.25, 0.3) is 0 Å². The van der Waals surface area contributed by atoms with Crippen LogP contribution in [0.15, 0.2) is 18.2 Å². The molecule has 0 spiro atoms. The second kappa shape index (κ2) is 13.4. The van der Waals surface area contributed by atoms with E-state index in [0.29, 0.717) is 5.56 Å². The molecule has 0 saturated carbocycles. The Labute approximate surface area is 210 Å². The summed E-state index contributed by atoms with van der Waals surface area (Å²) in [7, 11) is 1.16. The van der Waals surface area contributed by atoms with Gasteiger partial charge in [0, 0.05) is 6.54 Å². The Bertz CT molecular complexity index is 973. The van der Waals surface area contributed by atoms with Crippen molar-refractivity contribution in [3.63, 3.8) is 0 Å². The third-order valence-corrected chi connectivity index (χ3v) is 5.06. The fraction of sp³-hybridized carbons (Fsp3) is 0.542. The Morgan fingerprint density at radius 3 is 2.25 bits per heavy atom. The van der Waals surface area contributed by atoms with E-state index < -0.39 is 67.0 Å². The summed E-state index contributed by atoms with van der Waals surface area (Å²) in [6.45, 7) is 7.24. The zero-order valence-corrected chi connectivity index (χ0v) is 21.5. The van der Waals surface area contributed by atoms with Crippen LogP contribution in [0.25, 0.3) is 0 Å². The maximum atomic E-state index is 13.6. The fourth-order valence-electron chi connectivity index (χ4n) is 3.26. The summed E-state index contributed by atoms with van der Waals surface area (Å²) >= 11 is 0. The van der Waals surface area contributed by atoms with Crippen molar-refractivity contribution in [1.82, 2.24) is 15.5 Å². The van der Waals surface area contributed by atoms with E-state index >= 15 is 0 Å².